The summed E-state index contributed by atoms with van der Waals surface area (Å²) in [4.78, 5) is 32.9. The highest BCUT2D eigenvalue weighted by Gasteiger charge is 2.40. The van der Waals surface area contributed by atoms with Gasteiger partial charge in [-0.05, 0) is 19.1 Å². The maximum absolute atomic E-state index is 11.4. The van der Waals surface area contributed by atoms with Crippen LogP contribution in [-0.4, -0.2) is 49.9 Å². The van der Waals surface area contributed by atoms with Crippen LogP contribution >= 0.6 is 11.8 Å². The number of amides is 1. The number of hydrogen-bond acceptors (Lipinski definition) is 5. The fraction of sp³-hybridized carbons (Fsp3) is 0.700. The van der Waals surface area contributed by atoms with Crippen molar-refractivity contribution in [3.63, 3.8) is 0 Å². The van der Waals surface area contributed by atoms with Crippen molar-refractivity contribution in [3.05, 3.63) is 0 Å². The maximum atomic E-state index is 11.4. The second-order valence-corrected chi connectivity index (χ2v) is 5.01. The van der Waals surface area contributed by atoms with Crippen LogP contribution < -0.4 is 5.32 Å². The van der Waals surface area contributed by atoms with Gasteiger partial charge < -0.3 is 20.6 Å². The van der Waals surface area contributed by atoms with Crippen LogP contribution in [0.4, 0.5) is 0 Å². The highest BCUT2D eigenvalue weighted by Crippen LogP contribution is 2.13. The Morgan fingerprint density at radius 3 is 2.28 bits per heavy atom. The number of carbonyl (C=O) groups excluding carboxylic acids is 1. The van der Waals surface area contributed by atoms with E-state index in [0.29, 0.717) is 5.75 Å². The lowest BCUT2D eigenvalue weighted by atomic mass is 10.1. The Morgan fingerprint density at radius 1 is 1.33 bits per heavy atom. The number of carboxylic acids is 2. The van der Waals surface area contributed by atoms with Gasteiger partial charge in [-0.3, -0.25) is 4.79 Å². The number of rotatable bonds is 8. The normalized spacial score (nSPS) is 15.5. The lowest BCUT2D eigenvalue weighted by molar-refractivity contribution is -0.165. The van der Waals surface area contributed by atoms with Crippen molar-refractivity contribution in [2.24, 2.45) is 0 Å². The van der Waals surface area contributed by atoms with E-state index < -0.39 is 28.8 Å². The van der Waals surface area contributed by atoms with Gasteiger partial charge in [0.25, 0.3) is 5.91 Å². The first-order valence-electron chi connectivity index (χ1n) is 5.34. The molecule has 1 amide bonds. The molecule has 4 N–H and O–H groups in total. The van der Waals surface area contributed by atoms with Crippen LogP contribution in [0.1, 0.15) is 26.7 Å². The van der Waals surface area contributed by atoms with Crippen LogP contribution in [0, 0.1) is 0 Å². The Kier molecular flexibility index (Phi) is 6.71. The molecule has 0 heterocycles. The lowest BCUT2D eigenvalue weighted by Crippen LogP contribution is -2.54. The zero-order chi connectivity index (χ0) is 14.3. The third-order valence-corrected chi connectivity index (χ3v) is 3.30. The van der Waals surface area contributed by atoms with Crippen LogP contribution in [0.5, 0.6) is 0 Å². The minimum Gasteiger partial charge on any atom is -0.479 e. The smallest absolute Gasteiger partial charge is 0.345 e. The van der Waals surface area contributed by atoms with Gasteiger partial charge in [0.1, 0.15) is 0 Å². The molecule has 0 aliphatic rings. The van der Waals surface area contributed by atoms with Gasteiger partial charge >= 0.3 is 11.9 Å². The second-order valence-electron chi connectivity index (χ2n) is 3.79. The Labute approximate surface area is 109 Å². The molecule has 0 spiro atoms. The highest BCUT2D eigenvalue weighted by atomic mass is 32.2. The summed E-state index contributed by atoms with van der Waals surface area (Å²) >= 11 is 0.975. The molecule has 0 aliphatic heterocycles. The molecule has 0 fully saturated rings. The van der Waals surface area contributed by atoms with Crippen molar-refractivity contribution in [1.82, 2.24) is 5.32 Å². The molecule has 0 aromatic rings. The van der Waals surface area contributed by atoms with Gasteiger partial charge in [0.15, 0.2) is 5.37 Å². The van der Waals surface area contributed by atoms with Crippen molar-refractivity contribution >= 4 is 29.6 Å². The summed E-state index contributed by atoms with van der Waals surface area (Å²) < 4.78 is 0. The van der Waals surface area contributed by atoms with E-state index in [4.69, 9.17) is 10.2 Å². The van der Waals surface area contributed by atoms with Gasteiger partial charge in [0.05, 0.1) is 0 Å². The van der Waals surface area contributed by atoms with Gasteiger partial charge in [-0.25, -0.2) is 9.59 Å². The molecular weight excluding hydrogens is 262 g/mol. The minimum atomic E-state index is -2.64. The molecule has 0 aromatic heterocycles. The summed E-state index contributed by atoms with van der Waals surface area (Å²) in [5.41, 5.74) is -2.64. The first-order chi connectivity index (χ1) is 8.23. The minimum absolute atomic E-state index is 0.517. The van der Waals surface area contributed by atoms with E-state index in [0.717, 1.165) is 31.5 Å². The predicted octanol–water partition coefficient (Wildman–Crippen LogP) is -0.118. The molecule has 0 saturated carbocycles. The van der Waals surface area contributed by atoms with Crippen molar-refractivity contribution < 1.29 is 29.7 Å². The van der Waals surface area contributed by atoms with Gasteiger partial charge in [-0.1, -0.05) is 13.3 Å². The van der Waals surface area contributed by atoms with E-state index in [-0.39, 0.29) is 0 Å². The van der Waals surface area contributed by atoms with Crippen molar-refractivity contribution in [2.45, 2.75) is 37.7 Å². The zero-order valence-electron chi connectivity index (χ0n) is 10.2. The van der Waals surface area contributed by atoms with E-state index in [2.05, 4.69) is 0 Å². The Bertz CT molecular complexity index is 330. The van der Waals surface area contributed by atoms with Gasteiger partial charge in [-0.2, -0.15) is 0 Å². The monoisotopic (exact) mass is 279 g/mol. The molecule has 0 aromatic carbocycles. The fourth-order valence-corrected chi connectivity index (χ4v) is 1.90. The molecule has 0 saturated heterocycles. The predicted molar refractivity (Wildman–Crippen MR) is 65.2 cm³/mol. The average Bonchev–Trinajstić information content (AvgIpc) is 2.27. The largest absolute Gasteiger partial charge is 0.479 e. The van der Waals surface area contributed by atoms with Crippen LogP contribution in [-0.2, 0) is 14.4 Å². The Morgan fingerprint density at radius 2 is 1.89 bits per heavy atom. The fourth-order valence-electron chi connectivity index (χ4n) is 0.877. The van der Waals surface area contributed by atoms with Crippen LogP contribution in [0.3, 0.4) is 0 Å². The Balaban J connectivity index is 4.55. The maximum Gasteiger partial charge on any atom is 0.345 e. The highest BCUT2D eigenvalue weighted by molar-refractivity contribution is 8.00. The average molecular weight is 279 g/mol. The summed E-state index contributed by atoms with van der Waals surface area (Å²) in [5.74, 6) is -3.75. The number of nitrogens with one attached hydrogen (secondary N) is 1. The molecule has 2 atom stereocenters. The van der Waals surface area contributed by atoms with Gasteiger partial charge in [0, 0.05) is 0 Å². The molecule has 8 heteroatoms. The summed E-state index contributed by atoms with van der Waals surface area (Å²) in [6.07, 6.45) is 1.65. The molecule has 0 aliphatic carbocycles. The summed E-state index contributed by atoms with van der Waals surface area (Å²) in [7, 11) is 0. The summed E-state index contributed by atoms with van der Waals surface area (Å²) in [6, 6.07) is 0. The van der Waals surface area contributed by atoms with E-state index in [9.17, 15) is 19.5 Å². The Hall–Kier alpha value is -1.28. The van der Waals surface area contributed by atoms with Crippen LogP contribution in [0.15, 0.2) is 0 Å². The molecule has 2 unspecified atom stereocenters. The van der Waals surface area contributed by atoms with Crippen molar-refractivity contribution in [1.29, 1.82) is 0 Å². The number of thioether (sulfide) groups is 1. The summed E-state index contributed by atoms with van der Waals surface area (Å²) in [6.45, 7) is 2.73. The van der Waals surface area contributed by atoms with Crippen molar-refractivity contribution in [3.8, 4) is 0 Å². The first kappa shape index (κ1) is 16.7. The summed E-state index contributed by atoms with van der Waals surface area (Å²) in [5, 5.41) is 27.5. The van der Waals surface area contributed by atoms with E-state index >= 15 is 0 Å². The molecule has 0 bridgehead atoms. The molecular formula is C10H17NO6S. The number of hydrogen-bond donors (Lipinski definition) is 4. The van der Waals surface area contributed by atoms with E-state index in [1.807, 2.05) is 12.2 Å². The molecule has 104 valence electrons. The molecule has 0 radical (unpaired) electrons. The van der Waals surface area contributed by atoms with Gasteiger partial charge in [-0.15, -0.1) is 11.8 Å². The van der Waals surface area contributed by atoms with Crippen LogP contribution in [0.25, 0.3) is 0 Å². The van der Waals surface area contributed by atoms with Gasteiger partial charge in [0.2, 0.25) is 5.60 Å². The SMILES string of the molecule is CCCCSC(NC(=O)C(C)(O)C(=O)O)C(=O)O. The number of unbranched alkanes of at least 4 members (excludes halogenated alkanes) is 1. The first-order valence-corrected chi connectivity index (χ1v) is 6.39. The van der Waals surface area contributed by atoms with Crippen molar-refractivity contribution in [2.75, 3.05) is 5.75 Å². The number of aliphatic carboxylic acids is 2. The second kappa shape index (κ2) is 7.22. The quantitative estimate of drug-likeness (QED) is 0.277. The van der Waals surface area contributed by atoms with E-state index in [1.165, 1.54) is 0 Å². The number of carboxylic acid groups (broad SMARTS) is 2. The van der Waals surface area contributed by atoms with E-state index in [1.54, 1.807) is 0 Å². The zero-order valence-corrected chi connectivity index (χ0v) is 11.0. The molecule has 18 heavy (non-hydrogen) atoms. The topological polar surface area (TPSA) is 124 Å². The lowest BCUT2D eigenvalue weighted by Gasteiger charge is -2.20. The molecule has 0 rings (SSSR count). The third-order valence-electron chi connectivity index (χ3n) is 2.13. The van der Waals surface area contributed by atoms with Crippen LogP contribution in [0.2, 0.25) is 0 Å². The number of carbonyl (C=O) groups is 3. The third kappa shape index (κ3) is 4.92. The molecule has 7 nitrogen and oxygen atoms in total. The standard InChI is InChI=1S/C10H17NO6S/c1-3-4-5-18-6(7(12)13)11-8(14)10(2,17)9(15)16/h6,17H,3-5H2,1-2H3,(H,11,14)(H,12,13)(H,15,16). The number of aliphatic hydroxyl groups is 1.